The summed E-state index contributed by atoms with van der Waals surface area (Å²) in [5, 5.41) is 2.71. The van der Waals surface area contributed by atoms with Gasteiger partial charge in [-0.05, 0) is 57.2 Å². The van der Waals surface area contributed by atoms with Crippen molar-refractivity contribution in [3.05, 3.63) is 48.0 Å². The Morgan fingerprint density at radius 1 is 1.07 bits per heavy atom. The van der Waals surface area contributed by atoms with Gasteiger partial charge in [0.1, 0.15) is 0 Å². The highest BCUT2D eigenvalue weighted by molar-refractivity contribution is 5.97. The smallest absolute Gasteiger partial charge is 0.338 e. The summed E-state index contributed by atoms with van der Waals surface area (Å²) < 4.78 is 15.8. The molecule has 0 bridgehead atoms. The van der Waals surface area contributed by atoms with E-state index in [1.807, 2.05) is 12.1 Å². The number of carbonyl (C=O) groups is 2. The van der Waals surface area contributed by atoms with E-state index in [2.05, 4.69) is 24.1 Å². The molecule has 148 valence electrons. The maximum atomic E-state index is 12.3. The standard InChI is InChI=1S/C21H24N2O5/c1-4-23(5-2)17-9-6-15(7-10-17)21(25)28-14(3)20(24)22-16-8-11-18-19(12-16)27-13-26-18/h6-12,14H,4-5,13H2,1-3H3,(H,22,24)/t14-/m0/s1. The zero-order valence-electron chi connectivity index (χ0n) is 16.2. The van der Waals surface area contributed by atoms with Gasteiger partial charge >= 0.3 is 5.97 Å². The number of anilines is 2. The summed E-state index contributed by atoms with van der Waals surface area (Å²) in [6, 6.07) is 12.2. The van der Waals surface area contributed by atoms with E-state index < -0.39 is 18.0 Å². The van der Waals surface area contributed by atoms with Gasteiger partial charge in [0.05, 0.1) is 5.56 Å². The summed E-state index contributed by atoms with van der Waals surface area (Å²) in [7, 11) is 0. The fourth-order valence-corrected chi connectivity index (χ4v) is 2.90. The summed E-state index contributed by atoms with van der Waals surface area (Å²) in [4.78, 5) is 26.8. The number of nitrogens with zero attached hydrogens (tertiary/aromatic N) is 1. The zero-order chi connectivity index (χ0) is 20.1. The first kappa shape index (κ1) is 19.5. The third-order valence-corrected chi connectivity index (χ3v) is 4.52. The number of benzene rings is 2. The molecule has 1 aliphatic rings. The molecule has 0 spiro atoms. The quantitative estimate of drug-likeness (QED) is 0.737. The van der Waals surface area contributed by atoms with Crippen molar-refractivity contribution in [3.8, 4) is 11.5 Å². The molecule has 0 fully saturated rings. The van der Waals surface area contributed by atoms with E-state index >= 15 is 0 Å². The van der Waals surface area contributed by atoms with E-state index in [1.54, 1.807) is 30.3 Å². The molecule has 0 saturated heterocycles. The SMILES string of the molecule is CCN(CC)c1ccc(C(=O)O[C@@H](C)C(=O)Nc2ccc3c(c2)OCO3)cc1. The lowest BCUT2D eigenvalue weighted by Crippen LogP contribution is -2.30. The van der Waals surface area contributed by atoms with E-state index in [1.165, 1.54) is 6.92 Å². The third kappa shape index (κ3) is 4.36. The maximum Gasteiger partial charge on any atom is 0.338 e. The number of hydrogen-bond acceptors (Lipinski definition) is 6. The Hall–Kier alpha value is -3.22. The number of amides is 1. The molecule has 1 heterocycles. The van der Waals surface area contributed by atoms with Crippen LogP contribution in [0.5, 0.6) is 11.5 Å². The summed E-state index contributed by atoms with van der Waals surface area (Å²) in [6.45, 7) is 7.62. The Kier molecular flexibility index (Phi) is 6.03. The summed E-state index contributed by atoms with van der Waals surface area (Å²) in [5.41, 5.74) is 1.98. The Morgan fingerprint density at radius 3 is 2.43 bits per heavy atom. The molecule has 28 heavy (non-hydrogen) atoms. The molecule has 1 N–H and O–H groups in total. The first-order valence-corrected chi connectivity index (χ1v) is 9.28. The normalized spacial score (nSPS) is 13.0. The average molecular weight is 384 g/mol. The van der Waals surface area contributed by atoms with E-state index in [9.17, 15) is 9.59 Å². The van der Waals surface area contributed by atoms with E-state index in [0.717, 1.165) is 18.8 Å². The van der Waals surface area contributed by atoms with Crippen molar-refractivity contribution >= 4 is 23.3 Å². The van der Waals surface area contributed by atoms with Crippen LogP contribution in [0.25, 0.3) is 0 Å². The van der Waals surface area contributed by atoms with Gasteiger partial charge in [-0.3, -0.25) is 4.79 Å². The second-order valence-corrected chi connectivity index (χ2v) is 6.32. The van der Waals surface area contributed by atoms with Crippen molar-refractivity contribution in [1.82, 2.24) is 0 Å². The lowest BCUT2D eigenvalue weighted by Gasteiger charge is -2.21. The average Bonchev–Trinajstić information content (AvgIpc) is 3.17. The minimum absolute atomic E-state index is 0.161. The third-order valence-electron chi connectivity index (χ3n) is 4.52. The molecule has 0 radical (unpaired) electrons. The van der Waals surface area contributed by atoms with Gasteiger partial charge in [-0.1, -0.05) is 0 Å². The second-order valence-electron chi connectivity index (χ2n) is 6.32. The van der Waals surface area contributed by atoms with Crippen LogP contribution >= 0.6 is 0 Å². The van der Waals surface area contributed by atoms with Crippen molar-refractivity contribution in [2.75, 3.05) is 30.1 Å². The monoisotopic (exact) mass is 384 g/mol. The fourth-order valence-electron chi connectivity index (χ4n) is 2.90. The molecule has 3 rings (SSSR count). The van der Waals surface area contributed by atoms with Gasteiger partial charge in [-0.25, -0.2) is 4.79 Å². The van der Waals surface area contributed by atoms with Gasteiger partial charge in [0.15, 0.2) is 17.6 Å². The Morgan fingerprint density at radius 2 is 1.75 bits per heavy atom. The van der Waals surface area contributed by atoms with Crippen LogP contribution in [-0.2, 0) is 9.53 Å². The highest BCUT2D eigenvalue weighted by Gasteiger charge is 2.20. The predicted molar refractivity (Wildman–Crippen MR) is 106 cm³/mol. The van der Waals surface area contributed by atoms with Gasteiger partial charge in [-0.15, -0.1) is 0 Å². The molecule has 1 aliphatic heterocycles. The van der Waals surface area contributed by atoms with Crippen LogP contribution in [0.1, 0.15) is 31.1 Å². The zero-order valence-corrected chi connectivity index (χ0v) is 16.2. The minimum Gasteiger partial charge on any atom is -0.454 e. The molecular formula is C21H24N2O5. The molecule has 0 unspecified atom stereocenters. The lowest BCUT2D eigenvalue weighted by atomic mass is 10.2. The van der Waals surface area contributed by atoms with Gasteiger partial charge in [0.2, 0.25) is 6.79 Å². The van der Waals surface area contributed by atoms with Crippen LogP contribution in [0.3, 0.4) is 0 Å². The van der Waals surface area contributed by atoms with Crippen molar-refractivity contribution in [3.63, 3.8) is 0 Å². The van der Waals surface area contributed by atoms with Crippen LogP contribution in [0, 0.1) is 0 Å². The number of fused-ring (bicyclic) bond motifs is 1. The molecular weight excluding hydrogens is 360 g/mol. The van der Waals surface area contributed by atoms with Crippen molar-refractivity contribution in [1.29, 1.82) is 0 Å². The van der Waals surface area contributed by atoms with Crippen molar-refractivity contribution < 1.29 is 23.8 Å². The van der Waals surface area contributed by atoms with Crippen LogP contribution in [-0.4, -0.2) is 37.9 Å². The molecule has 2 aromatic rings. The minimum atomic E-state index is -0.944. The van der Waals surface area contributed by atoms with Gasteiger partial charge in [0, 0.05) is 30.5 Å². The van der Waals surface area contributed by atoms with Crippen molar-refractivity contribution in [2.24, 2.45) is 0 Å². The Bertz CT molecular complexity index is 846. The van der Waals surface area contributed by atoms with Gasteiger partial charge in [-0.2, -0.15) is 0 Å². The van der Waals surface area contributed by atoms with E-state index in [4.69, 9.17) is 14.2 Å². The number of nitrogens with one attached hydrogen (secondary N) is 1. The van der Waals surface area contributed by atoms with Crippen LogP contribution < -0.4 is 19.7 Å². The predicted octanol–water partition coefficient (Wildman–Crippen LogP) is 3.45. The van der Waals surface area contributed by atoms with Crippen molar-refractivity contribution in [2.45, 2.75) is 26.9 Å². The fraction of sp³-hybridized carbons (Fsp3) is 0.333. The first-order chi connectivity index (χ1) is 13.5. The molecule has 0 aromatic heterocycles. The Labute approximate surface area is 164 Å². The molecule has 7 heteroatoms. The van der Waals surface area contributed by atoms with Crippen LogP contribution in [0.4, 0.5) is 11.4 Å². The maximum absolute atomic E-state index is 12.3. The van der Waals surface area contributed by atoms with E-state index in [-0.39, 0.29) is 6.79 Å². The lowest BCUT2D eigenvalue weighted by molar-refractivity contribution is -0.123. The number of hydrogen-bond donors (Lipinski definition) is 1. The molecule has 7 nitrogen and oxygen atoms in total. The number of esters is 1. The van der Waals surface area contributed by atoms with Gasteiger partial charge in [0.25, 0.3) is 5.91 Å². The molecule has 1 atom stereocenters. The second kappa shape index (κ2) is 8.65. The molecule has 0 aliphatic carbocycles. The van der Waals surface area contributed by atoms with Crippen LogP contribution in [0.15, 0.2) is 42.5 Å². The summed E-state index contributed by atoms with van der Waals surface area (Å²) in [5.74, 6) is 0.229. The van der Waals surface area contributed by atoms with Gasteiger partial charge < -0.3 is 24.4 Å². The molecule has 1 amide bonds. The number of ether oxygens (including phenoxy) is 3. The summed E-state index contributed by atoms with van der Waals surface area (Å²) in [6.07, 6.45) is -0.944. The number of carbonyl (C=O) groups excluding carboxylic acids is 2. The molecule has 2 aromatic carbocycles. The molecule has 0 saturated carbocycles. The Balaban J connectivity index is 1.58. The van der Waals surface area contributed by atoms with E-state index in [0.29, 0.717) is 22.7 Å². The highest BCUT2D eigenvalue weighted by atomic mass is 16.7. The highest BCUT2D eigenvalue weighted by Crippen LogP contribution is 2.34. The van der Waals surface area contributed by atoms with Crippen LogP contribution in [0.2, 0.25) is 0 Å². The number of rotatable bonds is 7. The topological polar surface area (TPSA) is 77.1 Å². The largest absolute Gasteiger partial charge is 0.454 e. The summed E-state index contributed by atoms with van der Waals surface area (Å²) >= 11 is 0. The first-order valence-electron chi connectivity index (χ1n) is 9.28.